The molecule has 0 spiro atoms. The van der Waals surface area contributed by atoms with Gasteiger partial charge < -0.3 is 5.32 Å². The number of carbonyl (C=O) groups excluding carboxylic acids is 1. The summed E-state index contributed by atoms with van der Waals surface area (Å²) < 4.78 is 24.7. The van der Waals surface area contributed by atoms with E-state index in [1.165, 1.54) is 11.3 Å². The molecule has 1 heterocycles. The Morgan fingerprint density at radius 2 is 2.12 bits per heavy atom. The van der Waals surface area contributed by atoms with Crippen LogP contribution in [0.1, 0.15) is 23.5 Å². The van der Waals surface area contributed by atoms with E-state index >= 15 is 0 Å². The fraction of sp³-hybridized carbons (Fsp3) is 0.500. The van der Waals surface area contributed by atoms with Gasteiger partial charge in [0.15, 0.2) is 0 Å². The smallest absolute Gasteiger partial charge is 0.261 e. The lowest BCUT2D eigenvalue weighted by Crippen LogP contribution is -2.50. The van der Waals surface area contributed by atoms with Gasteiger partial charge in [0.1, 0.15) is 0 Å². The predicted molar refractivity (Wildman–Crippen MR) is 68.7 cm³/mol. The maximum atomic E-state index is 11.6. The number of carbonyl (C=O) groups is 1. The van der Waals surface area contributed by atoms with E-state index < -0.39 is 15.6 Å². The van der Waals surface area contributed by atoms with Gasteiger partial charge in [0.2, 0.25) is 10.0 Å². The average Bonchev–Trinajstić information content (AvgIpc) is 2.63. The number of hydrogen-bond acceptors (Lipinski definition) is 4. The zero-order valence-corrected chi connectivity index (χ0v) is 11.6. The van der Waals surface area contributed by atoms with E-state index in [4.69, 9.17) is 0 Å². The lowest BCUT2D eigenvalue weighted by molar-refractivity contribution is 0.0948. The first-order valence-electron chi connectivity index (χ1n) is 5.00. The summed E-state index contributed by atoms with van der Waals surface area (Å²) in [5.74, 6) is -0.191. The van der Waals surface area contributed by atoms with Gasteiger partial charge in [-0.05, 0) is 25.3 Å². The van der Waals surface area contributed by atoms with Gasteiger partial charge in [-0.25, -0.2) is 13.1 Å². The number of sulfonamides is 1. The van der Waals surface area contributed by atoms with Crippen molar-refractivity contribution in [3.8, 4) is 0 Å². The quantitative estimate of drug-likeness (QED) is 0.835. The molecular weight excluding hydrogens is 260 g/mol. The Morgan fingerprint density at radius 3 is 2.59 bits per heavy atom. The van der Waals surface area contributed by atoms with Gasteiger partial charge in [-0.1, -0.05) is 6.07 Å². The van der Waals surface area contributed by atoms with Crippen LogP contribution in [0.2, 0.25) is 0 Å². The normalized spacial score (nSPS) is 12.4. The van der Waals surface area contributed by atoms with Crippen molar-refractivity contribution in [2.75, 3.05) is 12.8 Å². The van der Waals surface area contributed by atoms with E-state index in [2.05, 4.69) is 10.0 Å². The zero-order valence-electron chi connectivity index (χ0n) is 9.98. The summed E-state index contributed by atoms with van der Waals surface area (Å²) in [6.45, 7) is 3.66. The van der Waals surface area contributed by atoms with Crippen molar-refractivity contribution >= 4 is 27.3 Å². The van der Waals surface area contributed by atoms with E-state index in [1.807, 2.05) is 5.38 Å². The number of amides is 1. The summed E-state index contributed by atoms with van der Waals surface area (Å²) in [4.78, 5) is 12.3. The summed E-state index contributed by atoms with van der Waals surface area (Å²) in [5.41, 5.74) is -0.708. The third kappa shape index (κ3) is 5.29. The molecule has 1 aromatic heterocycles. The Bertz CT molecular complexity index is 478. The molecule has 0 unspecified atom stereocenters. The van der Waals surface area contributed by atoms with Crippen LogP contribution in [-0.2, 0) is 10.0 Å². The zero-order chi connectivity index (χ0) is 13.1. The van der Waals surface area contributed by atoms with E-state index in [0.29, 0.717) is 4.88 Å². The Kier molecular flexibility index (Phi) is 4.29. The minimum absolute atomic E-state index is 0.191. The number of nitrogens with one attached hydrogen (secondary N) is 2. The van der Waals surface area contributed by atoms with Crippen LogP contribution in [-0.4, -0.2) is 32.7 Å². The predicted octanol–water partition coefficient (Wildman–Crippen LogP) is 0.806. The van der Waals surface area contributed by atoms with Crippen LogP contribution in [0.3, 0.4) is 0 Å². The molecule has 0 aromatic carbocycles. The standard InChI is InChI=1S/C10H16N2O3S2/c1-10(2,12-17(3,14)15)7-11-9(13)8-5-4-6-16-8/h4-6,12H,7H2,1-3H3,(H,11,13). The molecular formula is C10H16N2O3S2. The average molecular weight is 276 g/mol. The second-order valence-electron chi connectivity index (χ2n) is 4.42. The molecule has 0 aliphatic carbocycles. The van der Waals surface area contributed by atoms with Crippen LogP contribution >= 0.6 is 11.3 Å². The van der Waals surface area contributed by atoms with Crippen molar-refractivity contribution in [3.63, 3.8) is 0 Å². The van der Waals surface area contributed by atoms with Crippen LogP contribution in [0.25, 0.3) is 0 Å². The SMILES string of the molecule is CC(C)(CNC(=O)c1cccs1)NS(C)(=O)=O. The monoisotopic (exact) mass is 276 g/mol. The number of hydrogen-bond donors (Lipinski definition) is 2. The van der Waals surface area contributed by atoms with Gasteiger partial charge in [-0.3, -0.25) is 4.79 Å². The van der Waals surface area contributed by atoms with Crippen molar-refractivity contribution in [1.82, 2.24) is 10.0 Å². The van der Waals surface area contributed by atoms with Crippen molar-refractivity contribution in [1.29, 1.82) is 0 Å². The molecule has 0 atom stereocenters. The van der Waals surface area contributed by atoms with Crippen molar-refractivity contribution in [2.45, 2.75) is 19.4 Å². The van der Waals surface area contributed by atoms with Crippen molar-refractivity contribution in [2.24, 2.45) is 0 Å². The fourth-order valence-corrected chi connectivity index (χ4v) is 3.05. The summed E-state index contributed by atoms with van der Waals surface area (Å²) in [6.07, 6.45) is 1.09. The third-order valence-corrected chi connectivity index (χ3v) is 3.69. The highest BCUT2D eigenvalue weighted by Gasteiger charge is 2.23. The van der Waals surface area contributed by atoms with Gasteiger partial charge in [-0.2, -0.15) is 0 Å². The van der Waals surface area contributed by atoms with Crippen LogP contribution < -0.4 is 10.0 Å². The van der Waals surface area contributed by atoms with Crippen LogP contribution in [0.5, 0.6) is 0 Å². The van der Waals surface area contributed by atoms with Crippen molar-refractivity contribution < 1.29 is 13.2 Å². The summed E-state index contributed by atoms with van der Waals surface area (Å²) >= 11 is 1.34. The summed E-state index contributed by atoms with van der Waals surface area (Å²) in [6, 6.07) is 3.51. The molecule has 7 heteroatoms. The van der Waals surface area contributed by atoms with Crippen molar-refractivity contribution in [3.05, 3.63) is 22.4 Å². The summed E-state index contributed by atoms with van der Waals surface area (Å²) in [5, 5.41) is 4.51. The van der Waals surface area contributed by atoms with Gasteiger partial charge in [0.05, 0.1) is 11.1 Å². The van der Waals surface area contributed by atoms with Crippen LogP contribution in [0.15, 0.2) is 17.5 Å². The molecule has 0 saturated carbocycles. The summed E-state index contributed by atoms with van der Waals surface area (Å²) in [7, 11) is -3.28. The van der Waals surface area contributed by atoms with Gasteiger partial charge in [-0.15, -0.1) is 11.3 Å². The third-order valence-electron chi connectivity index (χ3n) is 1.90. The second kappa shape index (κ2) is 5.16. The molecule has 1 aromatic rings. The van der Waals surface area contributed by atoms with E-state index in [9.17, 15) is 13.2 Å². The topological polar surface area (TPSA) is 75.3 Å². The minimum atomic E-state index is -3.28. The molecule has 0 radical (unpaired) electrons. The largest absolute Gasteiger partial charge is 0.349 e. The van der Waals surface area contributed by atoms with Crippen LogP contribution in [0.4, 0.5) is 0 Å². The Hall–Kier alpha value is -0.920. The Labute approximate surface area is 105 Å². The first kappa shape index (κ1) is 14.1. The Balaban J connectivity index is 2.53. The minimum Gasteiger partial charge on any atom is -0.349 e. The Morgan fingerprint density at radius 1 is 1.47 bits per heavy atom. The molecule has 1 amide bonds. The first-order valence-corrected chi connectivity index (χ1v) is 7.77. The van der Waals surface area contributed by atoms with Gasteiger partial charge >= 0.3 is 0 Å². The molecule has 0 aliphatic rings. The highest BCUT2D eigenvalue weighted by Crippen LogP contribution is 2.09. The first-order chi connectivity index (χ1) is 7.70. The molecule has 2 N–H and O–H groups in total. The molecule has 0 fully saturated rings. The molecule has 5 nitrogen and oxygen atoms in total. The van der Waals surface area contributed by atoms with Crippen LogP contribution in [0, 0.1) is 0 Å². The maximum Gasteiger partial charge on any atom is 0.261 e. The molecule has 1 rings (SSSR count). The van der Waals surface area contributed by atoms with E-state index in [-0.39, 0.29) is 12.5 Å². The molecule has 0 aliphatic heterocycles. The van der Waals surface area contributed by atoms with Gasteiger partial charge in [0, 0.05) is 12.1 Å². The lowest BCUT2D eigenvalue weighted by atomic mass is 10.1. The molecule has 17 heavy (non-hydrogen) atoms. The van der Waals surface area contributed by atoms with Gasteiger partial charge in [0.25, 0.3) is 5.91 Å². The highest BCUT2D eigenvalue weighted by atomic mass is 32.2. The lowest BCUT2D eigenvalue weighted by Gasteiger charge is -2.25. The highest BCUT2D eigenvalue weighted by molar-refractivity contribution is 7.88. The van der Waals surface area contributed by atoms with E-state index in [1.54, 1.807) is 26.0 Å². The maximum absolute atomic E-state index is 11.6. The molecule has 0 bridgehead atoms. The fourth-order valence-electron chi connectivity index (χ4n) is 1.33. The number of rotatable bonds is 5. The molecule has 0 saturated heterocycles. The molecule has 96 valence electrons. The number of thiophene rings is 1. The second-order valence-corrected chi connectivity index (χ2v) is 7.11. The van der Waals surface area contributed by atoms with E-state index in [0.717, 1.165) is 6.26 Å².